The molecule has 12 heteroatoms. The zero-order chi connectivity index (χ0) is 27.5. The van der Waals surface area contributed by atoms with Gasteiger partial charge in [-0.1, -0.05) is 11.6 Å². The second-order valence-corrected chi connectivity index (χ2v) is 8.80. The normalized spacial score (nSPS) is 11.2. The van der Waals surface area contributed by atoms with Crippen LogP contribution >= 0.6 is 11.6 Å². The van der Waals surface area contributed by atoms with Crippen molar-refractivity contribution in [2.75, 3.05) is 0 Å². The number of carbonyl (C=O) groups is 2. The average Bonchev–Trinajstić information content (AvgIpc) is 2.79. The van der Waals surface area contributed by atoms with Crippen LogP contribution in [0.3, 0.4) is 0 Å². The van der Waals surface area contributed by atoms with Gasteiger partial charge in [-0.25, -0.2) is 17.6 Å². The summed E-state index contributed by atoms with van der Waals surface area (Å²) >= 11 is 6.03. The summed E-state index contributed by atoms with van der Waals surface area (Å²) in [5, 5.41) is 1.89. The van der Waals surface area contributed by atoms with Crippen molar-refractivity contribution in [3.63, 3.8) is 0 Å². The highest BCUT2D eigenvalue weighted by atomic mass is 35.5. The third kappa shape index (κ3) is 6.48. The molecule has 0 aliphatic carbocycles. The molecule has 7 nitrogen and oxygen atoms in total. The Bertz CT molecular complexity index is 1400. The molecule has 0 aliphatic heterocycles. The number of nitrogens with one attached hydrogen (secondary N) is 2. The molecule has 0 aliphatic rings. The molecule has 37 heavy (non-hydrogen) atoms. The van der Waals surface area contributed by atoms with Gasteiger partial charge in [0.05, 0.1) is 5.56 Å². The Morgan fingerprint density at radius 2 is 1.70 bits per heavy atom. The van der Waals surface area contributed by atoms with Gasteiger partial charge in [0.25, 0.3) is 11.5 Å². The first kappa shape index (κ1) is 27.7. The maximum Gasteiger partial charge on any atom is 0.303 e. The van der Waals surface area contributed by atoms with Gasteiger partial charge in [0.1, 0.15) is 34.9 Å². The molecule has 0 saturated carbocycles. The SMILES string of the molecule is CC(=O)OC(C)(C)C(=O)NCc1cc(F)c(-c2c[nH]c(=O)c(Cl)c2OCc2ccc(F)cc2F)c(F)c1. The third-order valence-electron chi connectivity index (χ3n) is 5.15. The number of hydrogen-bond donors (Lipinski definition) is 2. The van der Waals surface area contributed by atoms with Crippen LogP contribution in [0.1, 0.15) is 31.9 Å². The first-order valence-corrected chi connectivity index (χ1v) is 11.1. The van der Waals surface area contributed by atoms with E-state index in [0.29, 0.717) is 6.07 Å². The number of rotatable bonds is 8. The smallest absolute Gasteiger partial charge is 0.303 e. The molecule has 0 saturated heterocycles. The van der Waals surface area contributed by atoms with E-state index in [1.165, 1.54) is 13.8 Å². The first-order chi connectivity index (χ1) is 17.3. The summed E-state index contributed by atoms with van der Waals surface area (Å²) in [6.07, 6.45) is 0.981. The molecule has 2 aromatic carbocycles. The Labute approximate surface area is 213 Å². The number of carbonyl (C=O) groups excluding carboxylic acids is 2. The van der Waals surface area contributed by atoms with Crippen molar-refractivity contribution >= 4 is 23.5 Å². The van der Waals surface area contributed by atoms with E-state index in [1.54, 1.807) is 0 Å². The van der Waals surface area contributed by atoms with E-state index in [1.807, 2.05) is 0 Å². The number of H-pyrrole nitrogens is 1. The topological polar surface area (TPSA) is 97.5 Å². The van der Waals surface area contributed by atoms with E-state index in [-0.39, 0.29) is 23.2 Å². The van der Waals surface area contributed by atoms with Crippen LogP contribution in [0.25, 0.3) is 11.1 Å². The summed E-state index contributed by atoms with van der Waals surface area (Å²) in [5.74, 6) is -5.69. The van der Waals surface area contributed by atoms with E-state index in [4.69, 9.17) is 21.1 Å². The number of halogens is 5. The van der Waals surface area contributed by atoms with Crippen molar-refractivity contribution in [1.82, 2.24) is 10.3 Å². The van der Waals surface area contributed by atoms with Crippen molar-refractivity contribution in [3.05, 3.63) is 86.3 Å². The maximum atomic E-state index is 15.1. The second kappa shape index (κ2) is 11.0. The van der Waals surface area contributed by atoms with Crippen LogP contribution in [-0.2, 0) is 27.5 Å². The maximum absolute atomic E-state index is 15.1. The van der Waals surface area contributed by atoms with Gasteiger partial charge in [-0.2, -0.15) is 0 Å². The Morgan fingerprint density at radius 3 is 2.30 bits per heavy atom. The summed E-state index contributed by atoms with van der Waals surface area (Å²) in [6, 6.07) is 4.62. The van der Waals surface area contributed by atoms with Crippen molar-refractivity contribution in [3.8, 4) is 16.9 Å². The molecule has 1 heterocycles. The average molecular weight is 541 g/mol. The molecule has 2 N–H and O–H groups in total. The number of hydrogen-bond acceptors (Lipinski definition) is 5. The van der Waals surface area contributed by atoms with Crippen LogP contribution in [-0.4, -0.2) is 22.5 Å². The van der Waals surface area contributed by atoms with E-state index in [2.05, 4.69) is 10.3 Å². The molecule has 196 valence electrons. The minimum absolute atomic E-state index is 0.0390. The standard InChI is InChI=1S/C25H21ClF4N2O5/c1-12(33)37-25(2,3)24(35)32-9-13-6-18(29)20(19(30)7-13)16-10-31-23(34)21(26)22(16)36-11-14-4-5-15(27)8-17(14)28/h4-8,10H,9,11H2,1-3H3,(H,31,34)(H,32,35). The molecular weight excluding hydrogens is 520 g/mol. The number of esters is 1. The molecule has 0 bridgehead atoms. The minimum Gasteiger partial charge on any atom is -0.486 e. The molecule has 0 atom stereocenters. The quantitative estimate of drug-likeness (QED) is 0.316. The van der Waals surface area contributed by atoms with Crippen LogP contribution in [0, 0.1) is 23.3 Å². The molecule has 3 aromatic rings. The van der Waals surface area contributed by atoms with Crippen LogP contribution < -0.4 is 15.6 Å². The molecule has 0 radical (unpaired) electrons. The first-order valence-electron chi connectivity index (χ1n) is 10.7. The van der Waals surface area contributed by atoms with E-state index >= 15 is 8.78 Å². The summed E-state index contributed by atoms with van der Waals surface area (Å²) in [6.45, 7) is 3.03. The number of amides is 1. The van der Waals surface area contributed by atoms with Crippen molar-refractivity contribution in [2.45, 2.75) is 39.5 Å². The van der Waals surface area contributed by atoms with Crippen LogP contribution in [0.5, 0.6) is 5.75 Å². The molecule has 1 amide bonds. The lowest BCUT2D eigenvalue weighted by atomic mass is 10.0. The van der Waals surface area contributed by atoms with Crippen LogP contribution in [0.4, 0.5) is 17.6 Å². The molecule has 3 rings (SSSR count). The van der Waals surface area contributed by atoms with Gasteiger partial charge in [0, 0.05) is 36.9 Å². The monoisotopic (exact) mass is 540 g/mol. The minimum atomic E-state index is -1.51. The fourth-order valence-electron chi connectivity index (χ4n) is 3.39. The largest absolute Gasteiger partial charge is 0.486 e. The molecule has 0 spiro atoms. The van der Waals surface area contributed by atoms with E-state index in [0.717, 1.165) is 37.4 Å². The molecule has 0 unspecified atom stereocenters. The Balaban J connectivity index is 1.90. The van der Waals surface area contributed by atoms with Crippen molar-refractivity contribution in [2.24, 2.45) is 0 Å². The lowest BCUT2D eigenvalue weighted by molar-refractivity contribution is -0.163. The predicted molar refractivity (Wildman–Crippen MR) is 126 cm³/mol. The van der Waals surface area contributed by atoms with Crippen molar-refractivity contribution in [1.29, 1.82) is 0 Å². The highest BCUT2D eigenvalue weighted by molar-refractivity contribution is 6.32. The molecule has 0 fully saturated rings. The summed E-state index contributed by atoms with van der Waals surface area (Å²) in [4.78, 5) is 37.7. The number of aromatic nitrogens is 1. The number of benzene rings is 2. The number of aromatic amines is 1. The Morgan fingerprint density at radius 1 is 1.05 bits per heavy atom. The Kier molecular flexibility index (Phi) is 8.27. The molecule has 1 aromatic heterocycles. The lowest BCUT2D eigenvalue weighted by Gasteiger charge is -2.23. The van der Waals surface area contributed by atoms with Gasteiger partial charge in [-0.15, -0.1) is 0 Å². The van der Waals surface area contributed by atoms with E-state index in [9.17, 15) is 23.2 Å². The second-order valence-electron chi connectivity index (χ2n) is 8.42. The highest BCUT2D eigenvalue weighted by Gasteiger charge is 2.31. The number of ether oxygens (including phenoxy) is 2. The predicted octanol–water partition coefficient (Wildman–Crippen LogP) is 4.79. The number of pyridine rings is 1. The van der Waals surface area contributed by atoms with Crippen LogP contribution in [0.2, 0.25) is 5.02 Å². The van der Waals surface area contributed by atoms with Gasteiger partial charge in [-0.3, -0.25) is 14.4 Å². The summed E-state index contributed by atoms with van der Waals surface area (Å²) < 4.78 is 67.7. The van der Waals surface area contributed by atoms with Crippen molar-refractivity contribution < 1.29 is 36.6 Å². The highest BCUT2D eigenvalue weighted by Crippen LogP contribution is 2.37. The summed E-state index contributed by atoms with van der Waals surface area (Å²) in [5.41, 5.74) is -3.26. The fraction of sp³-hybridized carbons (Fsp3) is 0.240. The van der Waals surface area contributed by atoms with E-state index < -0.39 is 69.2 Å². The van der Waals surface area contributed by atoms with Gasteiger partial charge < -0.3 is 19.8 Å². The summed E-state index contributed by atoms with van der Waals surface area (Å²) in [7, 11) is 0. The zero-order valence-electron chi connectivity index (χ0n) is 19.8. The lowest BCUT2D eigenvalue weighted by Crippen LogP contribution is -2.44. The van der Waals surface area contributed by atoms with Gasteiger partial charge in [0.2, 0.25) is 0 Å². The van der Waals surface area contributed by atoms with Crippen LogP contribution in [0.15, 0.2) is 41.3 Å². The third-order valence-corrected chi connectivity index (χ3v) is 5.49. The Hall–Kier alpha value is -3.86. The zero-order valence-corrected chi connectivity index (χ0v) is 20.6. The van der Waals surface area contributed by atoms with Gasteiger partial charge >= 0.3 is 5.97 Å². The molecular formula is C25H21ClF4N2O5. The van der Waals surface area contributed by atoms with Gasteiger partial charge in [-0.05, 0) is 43.7 Å². The van der Waals surface area contributed by atoms with Gasteiger partial charge in [0.15, 0.2) is 11.4 Å². The fourth-order valence-corrected chi connectivity index (χ4v) is 3.60.